The number of halogens is 3. The van der Waals surface area contributed by atoms with Gasteiger partial charge in [-0.05, 0) is 65.8 Å². The maximum atomic E-state index is 3.51. The van der Waals surface area contributed by atoms with Crippen molar-refractivity contribution >= 4 is 47.8 Å². The fourth-order valence-electron chi connectivity index (χ4n) is 0.839. The lowest BCUT2D eigenvalue weighted by molar-refractivity contribution is 1.12. The summed E-state index contributed by atoms with van der Waals surface area (Å²) < 4.78 is 3.33. The number of aryl methyl sites for hydroxylation is 1. The van der Waals surface area contributed by atoms with Crippen molar-refractivity contribution in [2.24, 2.45) is 0 Å². The van der Waals surface area contributed by atoms with Gasteiger partial charge in [-0.15, -0.1) is 0 Å². The van der Waals surface area contributed by atoms with Gasteiger partial charge < -0.3 is 0 Å². The second-order valence-corrected chi connectivity index (χ2v) is 4.63. The van der Waals surface area contributed by atoms with Crippen LogP contribution in [-0.4, -0.2) is 0 Å². The summed E-state index contributed by atoms with van der Waals surface area (Å²) in [5.41, 5.74) is 1.32. The highest BCUT2D eigenvalue weighted by molar-refractivity contribution is 9.14. The maximum absolute atomic E-state index is 3.51. The summed E-state index contributed by atoms with van der Waals surface area (Å²) >= 11 is 10.4. The van der Waals surface area contributed by atoms with Crippen LogP contribution >= 0.6 is 47.8 Å². The van der Waals surface area contributed by atoms with E-state index in [1.54, 1.807) is 0 Å². The van der Waals surface area contributed by atoms with E-state index in [-0.39, 0.29) is 0 Å². The second kappa shape index (κ2) is 4.06. The molecule has 0 saturated carbocycles. The molecular weight excluding hydrogens is 336 g/mol. The van der Waals surface area contributed by atoms with Crippen molar-refractivity contribution in [3.8, 4) is 0 Å². The molecule has 0 fully saturated rings. The van der Waals surface area contributed by atoms with Crippen molar-refractivity contribution in [2.75, 3.05) is 0 Å². The molecule has 0 heterocycles. The molecule has 60 valence electrons. The van der Waals surface area contributed by atoms with Crippen molar-refractivity contribution in [3.63, 3.8) is 0 Å². The standard InChI is InChI=1S/C8H7Br3/c1-2-5-3-4-6(9)8(11)7(5)10/h3-4H,2H2,1H3. The molecule has 1 aromatic carbocycles. The van der Waals surface area contributed by atoms with Crippen LogP contribution in [-0.2, 0) is 6.42 Å². The van der Waals surface area contributed by atoms with Crippen LogP contribution in [0.5, 0.6) is 0 Å². The molecular formula is C8H7Br3. The zero-order valence-corrected chi connectivity index (χ0v) is 10.8. The molecule has 0 amide bonds. The molecule has 0 aliphatic heterocycles. The van der Waals surface area contributed by atoms with Crippen LogP contribution in [0.2, 0.25) is 0 Å². The molecule has 0 aliphatic carbocycles. The fraction of sp³-hybridized carbons (Fsp3) is 0.250. The first kappa shape index (κ1) is 9.75. The van der Waals surface area contributed by atoms with Crippen molar-refractivity contribution < 1.29 is 0 Å². The van der Waals surface area contributed by atoms with Gasteiger partial charge in [-0.25, -0.2) is 0 Å². The highest BCUT2D eigenvalue weighted by Gasteiger charge is 2.04. The van der Waals surface area contributed by atoms with E-state index in [4.69, 9.17) is 0 Å². The Bertz CT molecular complexity index is 268. The van der Waals surface area contributed by atoms with Crippen molar-refractivity contribution in [2.45, 2.75) is 13.3 Å². The minimum absolute atomic E-state index is 1.05. The molecule has 1 aromatic rings. The molecule has 1 rings (SSSR count). The number of hydrogen-bond donors (Lipinski definition) is 0. The molecule has 0 nitrogen and oxygen atoms in total. The zero-order valence-electron chi connectivity index (χ0n) is 6.00. The summed E-state index contributed by atoms with van der Waals surface area (Å²) in [5.74, 6) is 0. The van der Waals surface area contributed by atoms with Crippen LogP contribution in [0.4, 0.5) is 0 Å². The first-order chi connectivity index (χ1) is 5.16. The quantitative estimate of drug-likeness (QED) is 0.657. The molecule has 3 heteroatoms. The first-order valence-corrected chi connectivity index (χ1v) is 5.67. The van der Waals surface area contributed by atoms with E-state index in [9.17, 15) is 0 Å². The van der Waals surface area contributed by atoms with Crippen molar-refractivity contribution in [3.05, 3.63) is 31.1 Å². The lowest BCUT2D eigenvalue weighted by Gasteiger charge is -2.04. The predicted molar refractivity (Wildman–Crippen MR) is 58.9 cm³/mol. The summed E-state index contributed by atoms with van der Waals surface area (Å²) in [5, 5.41) is 0. The monoisotopic (exact) mass is 340 g/mol. The van der Waals surface area contributed by atoms with Gasteiger partial charge in [-0.2, -0.15) is 0 Å². The van der Waals surface area contributed by atoms with Crippen LogP contribution in [0.15, 0.2) is 25.6 Å². The minimum Gasteiger partial charge on any atom is -0.0613 e. The lowest BCUT2D eigenvalue weighted by Crippen LogP contribution is -1.83. The third-order valence-corrected chi connectivity index (χ3v) is 4.95. The summed E-state index contributed by atoms with van der Waals surface area (Å²) in [6.45, 7) is 2.14. The molecule has 0 bridgehead atoms. The summed E-state index contributed by atoms with van der Waals surface area (Å²) in [4.78, 5) is 0. The highest BCUT2D eigenvalue weighted by Crippen LogP contribution is 2.33. The maximum Gasteiger partial charge on any atom is 0.0462 e. The van der Waals surface area contributed by atoms with Crippen LogP contribution in [0.1, 0.15) is 12.5 Å². The van der Waals surface area contributed by atoms with Gasteiger partial charge in [0, 0.05) is 13.4 Å². The van der Waals surface area contributed by atoms with E-state index >= 15 is 0 Å². The topological polar surface area (TPSA) is 0 Å². The van der Waals surface area contributed by atoms with Crippen molar-refractivity contribution in [1.82, 2.24) is 0 Å². The van der Waals surface area contributed by atoms with Gasteiger partial charge in [-0.3, -0.25) is 0 Å². The van der Waals surface area contributed by atoms with Gasteiger partial charge in [0.05, 0.1) is 0 Å². The van der Waals surface area contributed by atoms with E-state index in [0.29, 0.717) is 0 Å². The number of rotatable bonds is 1. The molecule has 0 radical (unpaired) electrons. The minimum atomic E-state index is 1.05. The summed E-state index contributed by atoms with van der Waals surface area (Å²) in [6, 6.07) is 4.16. The Morgan fingerprint density at radius 3 is 2.27 bits per heavy atom. The second-order valence-electron chi connectivity index (χ2n) is 2.19. The summed E-state index contributed by atoms with van der Waals surface area (Å²) in [6.07, 6.45) is 1.05. The van der Waals surface area contributed by atoms with Crippen LogP contribution in [0.3, 0.4) is 0 Å². The molecule has 0 aliphatic rings. The Kier molecular flexibility index (Phi) is 3.59. The van der Waals surface area contributed by atoms with Crippen molar-refractivity contribution in [1.29, 1.82) is 0 Å². The van der Waals surface area contributed by atoms with Gasteiger partial charge in [0.15, 0.2) is 0 Å². The van der Waals surface area contributed by atoms with E-state index in [1.807, 2.05) is 6.07 Å². The predicted octanol–water partition coefficient (Wildman–Crippen LogP) is 4.54. The van der Waals surface area contributed by atoms with Gasteiger partial charge in [0.25, 0.3) is 0 Å². The van der Waals surface area contributed by atoms with Gasteiger partial charge in [-0.1, -0.05) is 13.0 Å². The number of hydrogen-bond acceptors (Lipinski definition) is 0. The molecule has 0 aromatic heterocycles. The van der Waals surface area contributed by atoms with E-state index in [1.165, 1.54) is 5.56 Å². The molecule has 0 atom stereocenters. The Hall–Kier alpha value is 0.660. The SMILES string of the molecule is CCc1ccc(Br)c(Br)c1Br. The Labute approximate surface area is 91.8 Å². The first-order valence-electron chi connectivity index (χ1n) is 3.29. The molecule has 0 spiro atoms. The number of benzene rings is 1. The van der Waals surface area contributed by atoms with Gasteiger partial charge in [0.2, 0.25) is 0 Å². The van der Waals surface area contributed by atoms with E-state index < -0.39 is 0 Å². The molecule has 11 heavy (non-hydrogen) atoms. The third-order valence-electron chi connectivity index (χ3n) is 1.50. The largest absolute Gasteiger partial charge is 0.0613 e. The molecule has 0 N–H and O–H groups in total. The molecule has 0 unspecified atom stereocenters. The molecule has 0 saturated heterocycles. The zero-order chi connectivity index (χ0) is 8.43. The average Bonchev–Trinajstić information content (AvgIpc) is 2.01. The Morgan fingerprint density at radius 1 is 1.09 bits per heavy atom. The normalized spacial score (nSPS) is 10.2. The van der Waals surface area contributed by atoms with E-state index in [0.717, 1.165) is 19.8 Å². The summed E-state index contributed by atoms with van der Waals surface area (Å²) in [7, 11) is 0. The van der Waals surface area contributed by atoms with Crippen LogP contribution < -0.4 is 0 Å². The van der Waals surface area contributed by atoms with E-state index in [2.05, 4.69) is 60.8 Å². The third kappa shape index (κ3) is 2.07. The smallest absolute Gasteiger partial charge is 0.0462 e. The van der Waals surface area contributed by atoms with Crippen LogP contribution in [0.25, 0.3) is 0 Å². The highest BCUT2D eigenvalue weighted by atomic mass is 79.9. The van der Waals surface area contributed by atoms with Crippen LogP contribution in [0, 0.1) is 0 Å². The fourth-order valence-corrected chi connectivity index (χ4v) is 2.45. The van der Waals surface area contributed by atoms with Gasteiger partial charge in [0.1, 0.15) is 0 Å². The Morgan fingerprint density at radius 2 is 1.73 bits per heavy atom. The Balaban J connectivity index is 3.25. The van der Waals surface area contributed by atoms with Gasteiger partial charge >= 0.3 is 0 Å². The lowest BCUT2D eigenvalue weighted by atomic mass is 10.2. The average molecular weight is 343 g/mol.